The lowest BCUT2D eigenvalue weighted by molar-refractivity contribution is -0.121. The minimum Gasteiger partial charge on any atom is -0.377 e. The number of thioether (sulfide) groups is 1. The van der Waals surface area contributed by atoms with Crippen molar-refractivity contribution in [3.05, 3.63) is 0 Å². The number of carbonyl (C=O) groups excluding carboxylic acids is 1. The number of nitrogens with two attached hydrogens (primary N) is 1. The van der Waals surface area contributed by atoms with Gasteiger partial charge in [0.15, 0.2) is 0 Å². The first-order valence-electron chi connectivity index (χ1n) is 5.45. The molecule has 1 aliphatic rings. The van der Waals surface area contributed by atoms with Gasteiger partial charge in [0.1, 0.15) is 0 Å². The quantitative estimate of drug-likeness (QED) is 0.408. The first kappa shape index (κ1) is 12.8. The van der Waals surface area contributed by atoms with Gasteiger partial charge in [-0.2, -0.15) is 11.8 Å². The van der Waals surface area contributed by atoms with Gasteiger partial charge in [0, 0.05) is 24.0 Å². The Labute approximate surface area is 95.3 Å². The van der Waals surface area contributed by atoms with Gasteiger partial charge in [0.2, 0.25) is 5.91 Å². The van der Waals surface area contributed by atoms with Crippen molar-refractivity contribution in [3.8, 4) is 0 Å². The van der Waals surface area contributed by atoms with E-state index in [4.69, 9.17) is 10.6 Å². The van der Waals surface area contributed by atoms with Crippen molar-refractivity contribution in [1.29, 1.82) is 0 Å². The summed E-state index contributed by atoms with van der Waals surface area (Å²) in [6, 6.07) is 0. The third kappa shape index (κ3) is 5.39. The highest BCUT2D eigenvalue weighted by Crippen LogP contribution is 2.22. The number of rotatable bonds is 6. The Kier molecular flexibility index (Phi) is 6.05. The van der Waals surface area contributed by atoms with Gasteiger partial charge in [-0.25, -0.2) is 5.84 Å². The normalized spacial score (nSPS) is 22.7. The second-order valence-corrected chi connectivity index (χ2v) is 5.36. The predicted octanol–water partition coefficient (Wildman–Crippen LogP) is 1.06. The van der Waals surface area contributed by atoms with E-state index in [0.29, 0.717) is 17.8 Å². The first-order valence-corrected chi connectivity index (χ1v) is 6.50. The molecule has 0 aromatic carbocycles. The van der Waals surface area contributed by atoms with Crippen LogP contribution < -0.4 is 11.3 Å². The van der Waals surface area contributed by atoms with E-state index in [2.05, 4.69) is 12.3 Å². The summed E-state index contributed by atoms with van der Waals surface area (Å²) < 4.78 is 5.53. The molecule has 88 valence electrons. The van der Waals surface area contributed by atoms with E-state index >= 15 is 0 Å². The Balaban J connectivity index is 2.02. The summed E-state index contributed by atoms with van der Waals surface area (Å²) in [4.78, 5) is 10.9. The van der Waals surface area contributed by atoms with Crippen LogP contribution in [0, 0.1) is 0 Å². The van der Waals surface area contributed by atoms with Crippen molar-refractivity contribution in [2.24, 2.45) is 5.84 Å². The Bertz CT molecular complexity index is 196. The summed E-state index contributed by atoms with van der Waals surface area (Å²) in [6.07, 6.45) is 4.19. The molecule has 0 aliphatic carbocycles. The lowest BCUT2D eigenvalue weighted by Crippen LogP contribution is -2.30. The minimum atomic E-state index is -0.0837. The molecule has 1 fully saturated rings. The molecule has 0 spiro atoms. The summed E-state index contributed by atoms with van der Waals surface area (Å²) in [5, 5.41) is 0.492. The van der Waals surface area contributed by atoms with Gasteiger partial charge in [0.05, 0.1) is 6.10 Å². The van der Waals surface area contributed by atoms with Gasteiger partial charge in [-0.15, -0.1) is 0 Å². The molecule has 1 amide bonds. The minimum absolute atomic E-state index is 0.0837. The average Bonchev–Trinajstić information content (AvgIpc) is 2.75. The van der Waals surface area contributed by atoms with Crippen molar-refractivity contribution in [1.82, 2.24) is 5.43 Å². The number of amides is 1. The maximum Gasteiger partial charge on any atom is 0.233 e. The highest BCUT2D eigenvalue weighted by Gasteiger charge is 2.16. The Hall–Kier alpha value is -0.260. The van der Waals surface area contributed by atoms with E-state index < -0.39 is 0 Å². The smallest absolute Gasteiger partial charge is 0.233 e. The maximum atomic E-state index is 10.9. The van der Waals surface area contributed by atoms with Crippen LogP contribution in [0.25, 0.3) is 0 Å². The first-order chi connectivity index (χ1) is 7.22. The van der Waals surface area contributed by atoms with Crippen LogP contribution in [0.15, 0.2) is 0 Å². The predicted molar refractivity (Wildman–Crippen MR) is 62.5 cm³/mol. The molecule has 4 nitrogen and oxygen atoms in total. The van der Waals surface area contributed by atoms with E-state index in [1.807, 2.05) is 11.8 Å². The standard InChI is InChI=1S/C10H20N2O2S/c1-8(4-5-10(13)12-11)15-7-9-3-2-6-14-9/h8-9H,2-7,11H2,1H3,(H,12,13). The second-order valence-electron chi connectivity index (χ2n) is 3.89. The lowest BCUT2D eigenvalue weighted by Gasteiger charge is -2.13. The number of hydrazine groups is 1. The van der Waals surface area contributed by atoms with Crippen molar-refractivity contribution in [2.45, 2.75) is 44.0 Å². The van der Waals surface area contributed by atoms with Gasteiger partial charge in [-0.1, -0.05) is 6.92 Å². The second kappa shape index (κ2) is 7.09. The molecule has 0 aromatic heterocycles. The van der Waals surface area contributed by atoms with Gasteiger partial charge >= 0.3 is 0 Å². The molecule has 0 aromatic rings. The number of nitrogens with one attached hydrogen (secondary N) is 1. The number of ether oxygens (including phenoxy) is 1. The van der Waals surface area contributed by atoms with E-state index in [9.17, 15) is 4.79 Å². The topological polar surface area (TPSA) is 64.4 Å². The van der Waals surface area contributed by atoms with Gasteiger partial charge < -0.3 is 4.74 Å². The van der Waals surface area contributed by atoms with Crippen LogP contribution in [0.1, 0.15) is 32.6 Å². The van der Waals surface area contributed by atoms with Crippen molar-refractivity contribution >= 4 is 17.7 Å². The highest BCUT2D eigenvalue weighted by molar-refractivity contribution is 7.99. The molecule has 2 unspecified atom stereocenters. The fourth-order valence-electron chi connectivity index (χ4n) is 1.54. The molecule has 1 aliphatic heterocycles. The number of hydrogen-bond acceptors (Lipinski definition) is 4. The van der Waals surface area contributed by atoms with Crippen LogP contribution in [0.3, 0.4) is 0 Å². The third-order valence-corrected chi connectivity index (χ3v) is 3.90. The zero-order chi connectivity index (χ0) is 11.1. The Morgan fingerprint density at radius 2 is 2.53 bits per heavy atom. The molecule has 1 heterocycles. The van der Waals surface area contributed by atoms with Crippen molar-refractivity contribution in [2.75, 3.05) is 12.4 Å². The summed E-state index contributed by atoms with van der Waals surface area (Å²) in [5.74, 6) is 5.97. The Morgan fingerprint density at radius 3 is 3.13 bits per heavy atom. The molecule has 0 bridgehead atoms. The third-order valence-electron chi connectivity index (χ3n) is 2.53. The summed E-state index contributed by atoms with van der Waals surface area (Å²) in [5.41, 5.74) is 2.14. The van der Waals surface area contributed by atoms with Crippen LogP contribution in [0.4, 0.5) is 0 Å². The molecule has 1 rings (SSSR count). The van der Waals surface area contributed by atoms with Crippen LogP contribution in [0.5, 0.6) is 0 Å². The molecule has 0 saturated carbocycles. The zero-order valence-corrected chi connectivity index (χ0v) is 10.0. The zero-order valence-electron chi connectivity index (χ0n) is 9.20. The summed E-state index contributed by atoms with van der Waals surface area (Å²) in [6.45, 7) is 3.05. The van der Waals surface area contributed by atoms with E-state index in [1.54, 1.807) is 0 Å². The van der Waals surface area contributed by atoms with E-state index in [-0.39, 0.29) is 5.91 Å². The molecule has 15 heavy (non-hydrogen) atoms. The molecular weight excluding hydrogens is 212 g/mol. The monoisotopic (exact) mass is 232 g/mol. The van der Waals surface area contributed by atoms with Crippen LogP contribution in [-0.4, -0.2) is 29.6 Å². The van der Waals surface area contributed by atoms with Crippen molar-refractivity contribution in [3.63, 3.8) is 0 Å². The number of hydrogen-bond donors (Lipinski definition) is 2. The fraction of sp³-hybridized carbons (Fsp3) is 0.900. The highest BCUT2D eigenvalue weighted by atomic mass is 32.2. The molecule has 5 heteroatoms. The fourth-order valence-corrected chi connectivity index (χ4v) is 2.63. The molecule has 2 atom stereocenters. The molecule has 0 radical (unpaired) electrons. The van der Waals surface area contributed by atoms with Crippen LogP contribution in [0.2, 0.25) is 0 Å². The van der Waals surface area contributed by atoms with Crippen LogP contribution in [-0.2, 0) is 9.53 Å². The summed E-state index contributed by atoms with van der Waals surface area (Å²) >= 11 is 1.88. The van der Waals surface area contributed by atoms with Crippen molar-refractivity contribution < 1.29 is 9.53 Å². The largest absolute Gasteiger partial charge is 0.377 e. The Morgan fingerprint density at radius 1 is 1.73 bits per heavy atom. The van der Waals surface area contributed by atoms with Gasteiger partial charge in [0.25, 0.3) is 0 Å². The van der Waals surface area contributed by atoms with Crippen LogP contribution >= 0.6 is 11.8 Å². The van der Waals surface area contributed by atoms with E-state index in [0.717, 1.165) is 18.8 Å². The SMILES string of the molecule is CC(CCC(=O)NN)SCC1CCCO1. The van der Waals surface area contributed by atoms with Gasteiger partial charge in [-0.3, -0.25) is 10.2 Å². The average molecular weight is 232 g/mol. The molecule has 3 N–H and O–H groups in total. The van der Waals surface area contributed by atoms with Gasteiger partial charge in [-0.05, 0) is 19.3 Å². The van der Waals surface area contributed by atoms with E-state index in [1.165, 1.54) is 12.8 Å². The lowest BCUT2D eigenvalue weighted by atomic mass is 10.2. The maximum absolute atomic E-state index is 10.9. The molecule has 1 saturated heterocycles. The summed E-state index contributed by atoms with van der Waals surface area (Å²) in [7, 11) is 0. The number of carbonyl (C=O) groups is 1. The molecular formula is C10H20N2O2S.